The van der Waals surface area contributed by atoms with E-state index < -0.39 is 11.4 Å². The smallest absolute Gasteiger partial charge is 0.314 e. The van der Waals surface area contributed by atoms with E-state index in [9.17, 15) is 9.90 Å². The number of hydrogen-bond donors (Lipinski definition) is 1. The summed E-state index contributed by atoms with van der Waals surface area (Å²) in [7, 11) is 1.56. The molecular weight excluding hydrogens is 280 g/mol. The standard InChI is InChI=1S/C18H18O4/c1-21-16-11-14(18(9-10-18)17(19)20)7-8-15(16)22-12-13-5-3-2-4-6-13/h2-8,11H,9-10,12H2,1H3,(H,19,20). The van der Waals surface area contributed by atoms with Crippen molar-refractivity contribution in [3.05, 3.63) is 59.7 Å². The third-order valence-electron chi connectivity index (χ3n) is 4.11. The lowest BCUT2D eigenvalue weighted by Crippen LogP contribution is -2.19. The maximum absolute atomic E-state index is 11.4. The normalized spacial score (nSPS) is 15.1. The van der Waals surface area contributed by atoms with Crippen LogP contribution in [0.15, 0.2) is 48.5 Å². The Balaban J connectivity index is 1.79. The first kappa shape index (κ1) is 14.4. The Bertz CT molecular complexity index is 675. The van der Waals surface area contributed by atoms with Gasteiger partial charge in [0.05, 0.1) is 12.5 Å². The van der Waals surface area contributed by atoms with Crippen molar-refractivity contribution < 1.29 is 19.4 Å². The number of carbonyl (C=O) groups is 1. The van der Waals surface area contributed by atoms with E-state index in [1.54, 1.807) is 19.2 Å². The Morgan fingerprint density at radius 3 is 2.45 bits per heavy atom. The van der Waals surface area contributed by atoms with Crippen LogP contribution >= 0.6 is 0 Å². The summed E-state index contributed by atoms with van der Waals surface area (Å²) >= 11 is 0. The first-order valence-corrected chi connectivity index (χ1v) is 7.24. The van der Waals surface area contributed by atoms with Crippen LogP contribution < -0.4 is 9.47 Å². The molecule has 1 aliphatic rings. The van der Waals surface area contributed by atoms with Crippen molar-refractivity contribution in [2.75, 3.05) is 7.11 Å². The predicted octanol–water partition coefficient (Wildman–Crippen LogP) is 3.39. The molecule has 0 heterocycles. The third kappa shape index (κ3) is 2.64. The van der Waals surface area contributed by atoms with Gasteiger partial charge in [-0.15, -0.1) is 0 Å². The molecule has 2 aromatic rings. The summed E-state index contributed by atoms with van der Waals surface area (Å²) < 4.78 is 11.1. The van der Waals surface area contributed by atoms with Crippen molar-refractivity contribution in [2.24, 2.45) is 0 Å². The van der Waals surface area contributed by atoms with E-state index in [0.29, 0.717) is 30.9 Å². The summed E-state index contributed by atoms with van der Waals surface area (Å²) in [6, 6.07) is 15.3. The van der Waals surface area contributed by atoms with Gasteiger partial charge >= 0.3 is 5.97 Å². The van der Waals surface area contributed by atoms with Gasteiger partial charge in [0.1, 0.15) is 6.61 Å². The molecule has 114 valence electrons. The molecule has 0 bridgehead atoms. The summed E-state index contributed by atoms with van der Waals surface area (Å²) in [5, 5.41) is 9.37. The summed E-state index contributed by atoms with van der Waals surface area (Å²) in [5.41, 5.74) is 1.12. The number of carboxylic acid groups (broad SMARTS) is 1. The first-order chi connectivity index (χ1) is 10.7. The van der Waals surface area contributed by atoms with Gasteiger partial charge in [-0.2, -0.15) is 0 Å². The fraction of sp³-hybridized carbons (Fsp3) is 0.278. The van der Waals surface area contributed by atoms with Crippen molar-refractivity contribution in [2.45, 2.75) is 24.9 Å². The Morgan fingerprint density at radius 2 is 1.86 bits per heavy atom. The topological polar surface area (TPSA) is 55.8 Å². The van der Waals surface area contributed by atoms with Gasteiger partial charge in [-0.1, -0.05) is 36.4 Å². The van der Waals surface area contributed by atoms with Crippen molar-refractivity contribution in [1.29, 1.82) is 0 Å². The molecule has 1 saturated carbocycles. The number of rotatable bonds is 6. The molecule has 4 heteroatoms. The highest BCUT2D eigenvalue weighted by atomic mass is 16.5. The van der Waals surface area contributed by atoms with Gasteiger partial charge < -0.3 is 14.6 Å². The van der Waals surface area contributed by atoms with E-state index in [4.69, 9.17) is 9.47 Å². The molecule has 22 heavy (non-hydrogen) atoms. The lowest BCUT2D eigenvalue weighted by Gasteiger charge is -2.15. The third-order valence-corrected chi connectivity index (χ3v) is 4.11. The van der Waals surface area contributed by atoms with Gasteiger partial charge in [-0.3, -0.25) is 4.79 Å². The van der Waals surface area contributed by atoms with Gasteiger partial charge in [-0.05, 0) is 36.1 Å². The minimum Gasteiger partial charge on any atom is -0.493 e. The van der Waals surface area contributed by atoms with E-state index >= 15 is 0 Å². The van der Waals surface area contributed by atoms with Gasteiger partial charge in [0.25, 0.3) is 0 Å². The minimum atomic E-state index is -0.771. The number of hydrogen-bond acceptors (Lipinski definition) is 3. The molecule has 0 aromatic heterocycles. The molecule has 0 atom stereocenters. The van der Waals surface area contributed by atoms with Crippen LogP contribution in [-0.2, 0) is 16.8 Å². The molecule has 4 nitrogen and oxygen atoms in total. The highest BCUT2D eigenvalue weighted by Gasteiger charge is 2.52. The van der Waals surface area contributed by atoms with E-state index in [0.717, 1.165) is 11.1 Å². The van der Waals surface area contributed by atoms with Gasteiger partial charge in [0.15, 0.2) is 11.5 Å². The summed E-state index contributed by atoms with van der Waals surface area (Å²) in [5.74, 6) is 0.421. The maximum atomic E-state index is 11.4. The number of aliphatic carboxylic acids is 1. The molecule has 0 unspecified atom stereocenters. The molecule has 0 spiro atoms. The van der Waals surface area contributed by atoms with Crippen molar-refractivity contribution in [3.8, 4) is 11.5 Å². The zero-order chi connectivity index (χ0) is 15.6. The maximum Gasteiger partial charge on any atom is 0.314 e. The van der Waals surface area contributed by atoms with Crippen molar-refractivity contribution in [1.82, 2.24) is 0 Å². The SMILES string of the molecule is COc1cc(C2(C(=O)O)CC2)ccc1OCc1ccccc1. The molecule has 0 saturated heterocycles. The molecular formula is C18H18O4. The van der Waals surface area contributed by atoms with E-state index in [1.807, 2.05) is 36.4 Å². The Morgan fingerprint density at radius 1 is 1.14 bits per heavy atom. The Labute approximate surface area is 129 Å². The van der Waals surface area contributed by atoms with E-state index in [2.05, 4.69) is 0 Å². The molecule has 0 radical (unpaired) electrons. The van der Waals surface area contributed by atoms with E-state index in [1.165, 1.54) is 0 Å². The molecule has 1 fully saturated rings. The average Bonchev–Trinajstić information content (AvgIpc) is 3.35. The Hall–Kier alpha value is -2.49. The largest absolute Gasteiger partial charge is 0.493 e. The second-order valence-electron chi connectivity index (χ2n) is 5.53. The summed E-state index contributed by atoms with van der Waals surface area (Å²) in [6.45, 7) is 0.445. The predicted molar refractivity (Wildman–Crippen MR) is 82.3 cm³/mol. The number of ether oxygens (including phenoxy) is 2. The monoisotopic (exact) mass is 298 g/mol. The Kier molecular flexibility index (Phi) is 3.75. The van der Waals surface area contributed by atoms with Gasteiger partial charge in [0, 0.05) is 0 Å². The van der Waals surface area contributed by atoms with Crippen LogP contribution in [0.1, 0.15) is 24.0 Å². The van der Waals surface area contributed by atoms with Crippen LogP contribution in [0.3, 0.4) is 0 Å². The van der Waals surface area contributed by atoms with Crippen molar-refractivity contribution >= 4 is 5.97 Å². The molecule has 3 rings (SSSR count). The minimum absolute atomic E-state index is 0.445. The highest BCUT2D eigenvalue weighted by Crippen LogP contribution is 2.50. The van der Waals surface area contributed by atoms with E-state index in [-0.39, 0.29) is 0 Å². The zero-order valence-corrected chi connectivity index (χ0v) is 12.4. The van der Waals surface area contributed by atoms with Crippen LogP contribution in [0.5, 0.6) is 11.5 Å². The van der Waals surface area contributed by atoms with Crippen LogP contribution in [-0.4, -0.2) is 18.2 Å². The molecule has 0 aliphatic heterocycles. The molecule has 1 N–H and O–H groups in total. The number of carboxylic acids is 1. The summed E-state index contributed by atoms with van der Waals surface area (Å²) in [6.07, 6.45) is 1.35. The number of methoxy groups -OCH3 is 1. The second-order valence-corrected chi connectivity index (χ2v) is 5.53. The highest BCUT2D eigenvalue weighted by molar-refractivity contribution is 5.85. The first-order valence-electron chi connectivity index (χ1n) is 7.24. The van der Waals surface area contributed by atoms with Crippen LogP contribution in [0.25, 0.3) is 0 Å². The molecule has 2 aromatic carbocycles. The molecule has 1 aliphatic carbocycles. The van der Waals surface area contributed by atoms with Crippen molar-refractivity contribution in [3.63, 3.8) is 0 Å². The zero-order valence-electron chi connectivity index (χ0n) is 12.4. The number of benzene rings is 2. The van der Waals surface area contributed by atoms with Crippen LogP contribution in [0.4, 0.5) is 0 Å². The average molecular weight is 298 g/mol. The van der Waals surface area contributed by atoms with Gasteiger partial charge in [-0.25, -0.2) is 0 Å². The fourth-order valence-corrected chi connectivity index (χ4v) is 2.57. The lowest BCUT2D eigenvalue weighted by atomic mass is 9.96. The van der Waals surface area contributed by atoms with Crippen LogP contribution in [0.2, 0.25) is 0 Å². The molecule has 0 amide bonds. The lowest BCUT2D eigenvalue weighted by molar-refractivity contribution is -0.140. The summed E-state index contributed by atoms with van der Waals surface area (Å²) in [4.78, 5) is 11.4. The quantitative estimate of drug-likeness (QED) is 0.888. The fourth-order valence-electron chi connectivity index (χ4n) is 2.57. The van der Waals surface area contributed by atoms with Gasteiger partial charge in [0.2, 0.25) is 0 Å². The second kappa shape index (κ2) is 5.72. The van der Waals surface area contributed by atoms with Crippen LogP contribution in [0, 0.1) is 0 Å².